The van der Waals surface area contributed by atoms with Crippen molar-refractivity contribution in [3.8, 4) is 33.2 Å². The lowest BCUT2D eigenvalue weighted by Gasteiger charge is -2.06. The summed E-state index contributed by atoms with van der Waals surface area (Å²) in [7, 11) is 0. The van der Waals surface area contributed by atoms with E-state index in [1.165, 1.54) is 16.7 Å². The zero-order chi connectivity index (χ0) is 20.3. The molecule has 3 aromatic heterocycles. The number of amides is 1. The number of carbonyl (C=O) groups is 1. The number of hydrogen-bond acceptors (Lipinski definition) is 6. The lowest BCUT2D eigenvalue weighted by atomic mass is 10.0. The van der Waals surface area contributed by atoms with Gasteiger partial charge in [0.25, 0.3) is 11.8 Å². The molecule has 30 heavy (non-hydrogen) atoms. The van der Waals surface area contributed by atoms with Crippen LogP contribution in [-0.4, -0.2) is 16.1 Å². The van der Waals surface area contributed by atoms with Crippen molar-refractivity contribution in [2.75, 3.05) is 5.32 Å². The summed E-state index contributed by atoms with van der Waals surface area (Å²) in [5.74, 6) is 0.313. The van der Waals surface area contributed by atoms with Gasteiger partial charge in [-0.05, 0) is 52.4 Å². The van der Waals surface area contributed by atoms with E-state index in [0.717, 1.165) is 11.1 Å². The van der Waals surface area contributed by atoms with Crippen LogP contribution in [0.15, 0.2) is 93.3 Å². The van der Waals surface area contributed by atoms with E-state index in [0.29, 0.717) is 11.3 Å². The molecule has 0 spiro atoms. The van der Waals surface area contributed by atoms with E-state index in [1.54, 1.807) is 29.5 Å². The summed E-state index contributed by atoms with van der Waals surface area (Å²) >= 11 is 1.71. The predicted octanol–water partition coefficient (Wildman–Crippen LogP) is 5.98. The van der Waals surface area contributed by atoms with Crippen molar-refractivity contribution < 1.29 is 13.6 Å². The summed E-state index contributed by atoms with van der Waals surface area (Å²) in [6, 6.07) is 23.2. The zero-order valence-electron chi connectivity index (χ0n) is 15.6. The quantitative estimate of drug-likeness (QED) is 0.383. The Bertz CT molecular complexity index is 1270. The molecule has 0 aliphatic heterocycles. The van der Waals surface area contributed by atoms with Gasteiger partial charge in [0.2, 0.25) is 0 Å². The molecule has 0 atom stereocenters. The van der Waals surface area contributed by atoms with E-state index < -0.39 is 0 Å². The third-order valence-corrected chi connectivity index (χ3v) is 5.45. The lowest BCUT2D eigenvalue weighted by Crippen LogP contribution is -2.12. The number of nitrogens with one attached hydrogen (secondary N) is 1. The maximum Gasteiger partial charge on any atom is 0.322 e. The summed E-state index contributed by atoms with van der Waals surface area (Å²) in [6.07, 6.45) is 1.51. The SMILES string of the molecule is O=C(Nc1nnc(-c2ccco2)o1)c1cccc(-c2ccc(-c3cccs3)cc2)c1. The molecular weight excluding hydrogens is 398 g/mol. The van der Waals surface area contributed by atoms with Crippen molar-refractivity contribution in [2.24, 2.45) is 0 Å². The summed E-state index contributed by atoms with van der Waals surface area (Å²) < 4.78 is 10.6. The van der Waals surface area contributed by atoms with Gasteiger partial charge >= 0.3 is 6.01 Å². The Hall–Kier alpha value is -3.97. The van der Waals surface area contributed by atoms with Gasteiger partial charge in [0, 0.05) is 10.4 Å². The molecular formula is C23H15N3O3S. The summed E-state index contributed by atoms with van der Waals surface area (Å²) in [4.78, 5) is 13.9. The van der Waals surface area contributed by atoms with Crippen LogP contribution in [0.1, 0.15) is 10.4 Å². The Balaban J connectivity index is 1.34. The maximum atomic E-state index is 12.6. The third kappa shape index (κ3) is 3.66. The van der Waals surface area contributed by atoms with Gasteiger partial charge in [-0.3, -0.25) is 10.1 Å². The molecule has 0 bridgehead atoms. The Labute approximate surface area is 175 Å². The fourth-order valence-electron chi connectivity index (χ4n) is 3.05. The van der Waals surface area contributed by atoms with Gasteiger partial charge in [-0.25, -0.2) is 0 Å². The molecule has 2 aromatic carbocycles. The molecule has 1 amide bonds. The van der Waals surface area contributed by atoms with Gasteiger partial charge in [-0.1, -0.05) is 47.6 Å². The number of carbonyl (C=O) groups excluding carboxylic acids is 1. The molecule has 0 aliphatic carbocycles. The minimum Gasteiger partial charge on any atom is -0.459 e. The highest BCUT2D eigenvalue weighted by molar-refractivity contribution is 7.13. The molecule has 3 heterocycles. The van der Waals surface area contributed by atoms with Gasteiger partial charge in [0.1, 0.15) is 0 Å². The molecule has 5 aromatic rings. The highest BCUT2D eigenvalue weighted by Crippen LogP contribution is 2.28. The maximum absolute atomic E-state index is 12.6. The van der Waals surface area contributed by atoms with Crippen LogP contribution in [0.4, 0.5) is 6.01 Å². The average Bonchev–Trinajstić information content (AvgIpc) is 3.56. The highest BCUT2D eigenvalue weighted by atomic mass is 32.1. The van der Waals surface area contributed by atoms with Gasteiger partial charge in [-0.15, -0.1) is 16.4 Å². The van der Waals surface area contributed by atoms with Crippen LogP contribution < -0.4 is 5.32 Å². The molecule has 5 rings (SSSR count). The van der Waals surface area contributed by atoms with Crippen molar-refractivity contribution in [2.45, 2.75) is 0 Å². The number of furan rings is 1. The summed E-state index contributed by atoms with van der Waals surface area (Å²) in [6.45, 7) is 0. The van der Waals surface area contributed by atoms with Crippen molar-refractivity contribution in [1.29, 1.82) is 0 Å². The first-order chi connectivity index (χ1) is 14.8. The third-order valence-electron chi connectivity index (χ3n) is 4.53. The van der Waals surface area contributed by atoms with Crippen LogP contribution in [0.5, 0.6) is 0 Å². The molecule has 0 fully saturated rings. The molecule has 146 valence electrons. The Morgan fingerprint density at radius 1 is 0.867 bits per heavy atom. The molecule has 1 N–H and O–H groups in total. The second-order valence-corrected chi connectivity index (χ2v) is 7.43. The van der Waals surface area contributed by atoms with Crippen molar-refractivity contribution in [3.63, 3.8) is 0 Å². The van der Waals surface area contributed by atoms with E-state index >= 15 is 0 Å². The van der Waals surface area contributed by atoms with Crippen LogP contribution in [0.25, 0.3) is 33.2 Å². The first kappa shape index (κ1) is 18.1. The molecule has 7 heteroatoms. The molecule has 0 saturated heterocycles. The van der Waals surface area contributed by atoms with E-state index in [4.69, 9.17) is 8.83 Å². The highest BCUT2D eigenvalue weighted by Gasteiger charge is 2.14. The minimum absolute atomic E-state index is 0.0112. The number of anilines is 1. The van der Waals surface area contributed by atoms with Gasteiger partial charge < -0.3 is 8.83 Å². The van der Waals surface area contributed by atoms with Crippen molar-refractivity contribution >= 4 is 23.3 Å². The van der Waals surface area contributed by atoms with E-state index in [1.807, 2.05) is 24.3 Å². The fraction of sp³-hybridized carbons (Fsp3) is 0. The lowest BCUT2D eigenvalue weighted by molar-refractivity contribution is 0.102. The number of thiophene rings is 1. The van der Waals surface area contributed by atoms with Crippen molar-refractivity contribution in [3.05, 3.63) is 90.0 Å². The topological polar surface area (TPSA) is 81.2 Å². The molecule has 0 unspecified atom stereocenters. The Kier molecular flexibility index (Phi) is 4.71. The number of nitrogens with zero attached hydrogens (tertiary/aromatic N) is 2. The van der Waals surface area contributed by atoms with E-state index in [9.17, 15) is 4.79 Å². The first-order valence-corrected chi connectivity index (χ1v) is 10.1. The number of aromatic nitrogens is 2. The minimum atomic E-state index is -0.332. The predicted molar refractivity (Wildman–Crippen MR) is 115 cm³/mol. The van der Waals surface area contributed by atoms with Gasteiger partial charge in [0.15, 0.2) is 5.76 Å². The van der Waals surface area contributed by atoms with E-state index in [-0.39, 0.29) is 17.8 Å². The average molecular weight is 413 g/mol. The molecule has 0 saturated carbocycles. The summed E-state index contributed by atoms with van der Waals surface area (Å²) in [5.41, 5.74) is 3.64. The van der Waals surface area contributed by atoms with Crippen LogP contribution in [-0.2, 0) is 0 Å². The summed E-state index contributed by atoms with van der Waals surface area (Å²) in [5, 5.41) is 12.4. The van der Waals surface area contributed by atoms with Crippen LogP contribution in [0.2, 0.25) is 0 Å². The number of hydrogen-bond donors (Lipinski definition) is 1. The van der Waals surface area contributed by atoms with Gasteiger partial charge in [0.05, 0.1) is 6.26 Å². The monoisotopic (exact) mass is 413 g/mol. The Morgan fingerprint density at radius 2 is 1.73 bits per heavy atom. The largest absolute Gasteiger partial charge is 0.459 e. The second-order valence-electron chi connectivity index (χ2n) is 6.48. The zero-order valence-corrected chi connectivity index (χ0v) is 16.4. The first-order valence-electron chi connectivity index (χ1n) is 9.19. The van der Waals surface area contributed by atoms with Crippen LogP contribution in [0.3, 0.4) is 0 Å². The van der Waals surface area contributed by atoms with Crippen LogP contribution >= 0.6 is 11.3 Å². The van der Waals surface area contributed by atoms with E-state index in [2.05, 4.69) is 51.2 Å². The molecule has 0 aliphatic rings. The van der Waals surface area contributed by atoms with Crippen molar-refractivity contribution in [1.82, 2.24) is 10.2 Å². The number of rotatable bonds is 5. The second kappa shape index (κ2) is 7.81. The van der Waals surface area contributed by atoms with Gasteiger partial charge in [-0.2, -0.15) is 0 Å². The smallest absolute Gasteiger partial charge is 0.322 e. The fourth-order valence-corrected chi connectivity index (χ4v) is 3.79. The molecule has 6 nitrogen and oxygen atoms in total. The molecule has 0 radical (unpaired) electrons. The van der Waals surface area contributed by atoms with Crippen LogP contribution in [0, 0.1) is 0 Å². The normalized spacial score (nSPS) is 10.8. The standard InChI is InChI=1S/C23H15N3O3S/c27-21(24-23-26-25-22(29-23)19-6-2-12-28-19)18-5-1-4-17(14-18)15-8-10-16(11-9-15)20-7-3-13-30-20/h1-14H,(H,24,26,27). The number of benzene rings is 2. The Morgan fingerprint density at radius 3 is 2.50 bits per heavy atom.